The second-order valence-electron chi connectivity index (χ2n) is 7.25. The largest absolute Gasteiger partial charge is 0.496 e. The second kappa shape index (κ2) is 8.53. The van der Waals surface area contributed by atoms with Gasteiger partial charge in [-0.3, -0.25) is 4.79 Å². The van der Waals surface area contributed by atoms with Gasteiger partial charge in [-0.2, -0.15) is 0 Å². The predicted molar refractivity (Wildman–Crippen MR) is 116 cm³/mol. The highest BCUT2D eigenvalue weighted by Gasteiger charge is 2.27. The average molecular weight is 410 g/mol. The van der Waals surface area contributed by atoms with Crippen molar-refractivity contribution in [1.82, 2.24) is 0 Å². The van der Waals surface area contributed by atoms with Crippen LogP contribution in [0.15, 0.2) is 36.4 Å². The van der Waals surface area contributed by atoms with Crippen molar-refractivity contribution < 1.29 is 28.5 Å². The highest BCUT2D eigenvalue weighted by molar-refractivity contribution is 6.09. The molecule has 2 aromatic rings. The third-order valence-electron chi connectivity index (χ3n) is 4.77. The molecular formula is C24H26O6. The first kappa shape index (κ1) is 21.3. The molecule has 0 saturated heterocycles. The van der Waals surface area contributed by atoms with E-state index >= 15 is 0 Å². The van der Waals surface area contributed by atoms with Gasteiger partial charge in [0.25, 0.3) is 0 Å². The number of fused-ring (bicyclic) bond motifs is 1. The molecule has 0 amide bonds. The van der Waals surface area contributed by atoms with E-state index in [-0.39, 0.29) is 5.78 Å². The zero-order valence-corrected chi connectivity index (χ0v) is 18.1. The van der Waals surface area contributed by atoms with Crippen molar-refractivity contribution in [3.05, 3.63) is 53.1 Å². The van der Waals surface area contributed by atoms with Gasteiger partial charge in [-0.1, -0.05) is 6.08 Å². The first-order chi connectivity index (χ1) is 14.3. The van der Waals surface area contributed by atoms with Crippen molar-refractivity contribution >= 4 is 17.9 Å². The van der Waals surface area contributed by atoms with Crippen molar-refractivity contribution in [3.63, 3.8) is 0 Å². The first-order valence-electron chi connectivity index (χ1n) is 9.45. The molecule has 0 saturated carbocycles. The number of methoxy groups -OCH3 is 4. The Bertz CT molecular complexity index is 992. The van der Waals surface area contributed by atoms with Crippen LogP contribution in [-0.2, 0) is 0 Å². The molecule has 1 aliphatic rings. The van der Waals surface area contributed by atoms with Crippen LogP contribution in [0.1, 0.15) is 35.3 Å². The van der Waals surface area contributed by atoms with Gasteiger partial charge in [0.1, 0.15) is 17.1 Å². The molecule has 0 atom stereocenters. The van der Waals surface area contributed by atoms with Crippen molar-refractivity contribution in [2.45, 2.75) is 19.4 Å². The zero-order chi connectivity index (χ0) is 21.9. The van der Waals surface area contributed by atoms with Gasteiger partial charge < -0.3 is 23.7 Å². The normalized spacial score (nSPS) is 14.1. The van der Waals surface area contributed by atoms with E-state index < -0.39 is 5.60 Å². The van der Waals surface area contributed by atoms with Crippen LogP contribution in [0.25, 0.3) is 12.2 Å². The van der Waals surface area contributed by atoms with Crippen molar-refractivity contribution in [3.8, 4) is 28.7 Å². The van der Waals surface area contributed by atoms with E-state index in [0.29, 0.717) is 34.3 Å². The Kier molecular flexibility index (Phi) is 6.06. The van der Waals surface area contributed by atoms with Crippen LogP contribution in [0.5, 0.6) is 28.7 Å². The molecule has 6 heteroatoms. The summed E-state index contributed by atoms with van der Waals surface area (Å²) in [5.41, 5.74) is 1.44. The van der Waals surface area contributed by atoms with Crippen molar-refractivity contribution in [2.75, 3.05) is 28.4 Å². The summed E-state index contributed by atoms with van der Waals surface area (Å²) in [5.74, 6) is 2.51. The van der Waals surface area contributed by atoms with Crippen LogP contribution < -0.4 is 23.7 Å². The lowest BCUT2D eigenvalue weighted by Crippen LogP contribution is -2.28. The molecule has 158 valence electrons. The molecule has 0 unspecified atom stereocenters. The van der Waals surface area contributed by atoms with E-state index in [1.165, 1.54) is 6.08 Å². The van der Waals surface area contributed by atoms with E-state index in [1.807, 2.05) is 26.0 Å². The third-order valence-corrected chi connectivity index (χ3v) is 4.77. The van der Waals surface area contributed by atoms with E-state index in [4.69, 9.17) is 23.7 Å². The second-order valence-corrected chi connectivity index (χ2v) is 7.25. The molecule has 0 aromatic heterocycles. The van der Waals surface area contributed by atoms with Gasteiger partial charge in [0.2, 0.25) is 5.75 Å². The molecule has 30 heavy (non-hydrogen) atoms. The zero-order valence-electron chi connectivity index (χ0n) is 18.1. The topological polar surface area (TPSA) is 63.2 Å². The minimum absolute atomic E-state index is 0.186. The van der Waals surface area contributed by atoms with Gasteiger partial charge >= 0.3 is 0 Å². The summed E-state index contributed by atoms with van der Waals surface area (Å²) in [6.45, 7) is 3.87. The number of benzene rings is 2. The van der Waals surface area contributed by atoms with Gasteiger partial charge in [0.15, 0.2) is 17.3 Å². The van der Waals surface area contributed by atoms with Gasteiger partial charge in [-0.05, 0) is 61.9 Å². The van der Waals surface area contributed by atoms with E-state index in [9.17, 15) is 4.79 Å². The predicted octanol–water partition coefficient (Wildman–Crippen LogP) is 4.80. The molecule has 0 N–H and O–H groups in total. The number of ketones is 1. The molecule has 0 spiro atoms. The van der Waals surface area contributed by atoms with E-state index in [2.05, 4.69) is 0 Å². The fourth-order valence-electron chi connectivity index (χ4n) is 3.26. The van der Waals surface area contributed by atoms with Crippen LogP contribution >= 0.6 is 0 Å². The summed E-state index contributed by atoms with van der Waals surface area (Å²) in [6.07, 6.45) is 7.07. The molecular weight excluding hydrogens is 384 g/mol. The number of rotatable bonds is 7. The Labute approximate surface area is 176 Å². The molecule has 0 bridgehead atoms. The van der Waals surface area contributed by atoms with Crippen LogP contribution in [0.3, 0.4) is 0 Å². The van der Waals surface area contributed by atoms with Crippen molar-refractivity contribution in [1.29, 1.82) is 0 Å². The fraction of sp³-hybridized carbons (Fsp3) is 0.292. The molecule has 3 rings (SSSR count). The van der Waals surface area contributed by atoms with Gasteiger partial charge in [-0.25, -0.2) is 0 Å². The fourth-order valence-corrected chi connectivity index (χ4v) is 3.26. The summed E-state index contributed by atoms with van der Waals surface area (Å²) in [7, 11) is 6.23. The van der Waals surface area contributed by atoms with Crippen LogP contribution in [0, 0.1) is 0 Å². The quantitative estimate of drug-likeness (QED) is 0.483. The smallest absolute Gasteiger partial charge is 0.203 e. The first-order valence-corrected chi connectivity index (χ1v) is 9.45. The lowest BCUT2D eigenvalue weighted by Gasteiger charge is -2.29. The Morgan fingerprint density at radius 3 is 2.13 bits per heavy atom. The SMILES string of the molecule is COc1ccc(C(=O)C=Cc2cc(OC)c(OC)c(OC)c2)c2c1C=CC(C)(C)O2. The number of ether oxygens (including phenoxy) is 5. The van der Waals surface area contributed by atoms with Gasteiger partial charge in [0.05, 0.1) is 39.6 Å². The Morgan fingerprint density at radius 1 is 0.933 bits per heavy atom. The summed E-state index contributed by atoms with van der Waals surface area (Å²) in [4.78, 5) is 13.0. The van der Waals surface area contributed by atoms with Crippen LogP contribution in [0.2, 0.25) is 0 Å². The third kappa shape index (κ3) is 4.13. The molecule has 1 heterocycles. The monoisotopic (exact) mass is 410 g/mol. The summed E-state index contributed by atoms with van der Waals surface area (Å²) in [6, 6.07) is 7.04. The Balaban J connectivity index is 1.98. The minimum atomic E-state index is -0.519. The summed E-state index contributed by atoms with van der Waals surface area (Å²) >= 11 is 0. The van der Waals surface area contributed by atoms with E-state index in [0.717, 1.165) is 11.1 Å². The standard InChI is InChI=1S/C24H26O6/c1-24(2)12-11-17-19(26-3)10-8-16(22(17)30-24)18(25)9-7-15-13-20(27-4)23(29-6)21(14-15)28-5/h7-14H,1-6H3. The maximum atomic E-state index is 13.0. The molecule has 0 radical (unpaired) electrons. The maximum Gasteiger partial charge on any atom is 0.203 e. The number of hydrogen-bond donors (Lipinski definition) is 0. The van der Waals surface area contributed by atoms with Crippen LogP contribution in [0.4, 0.5) is 0 Å². The van der Waals surface area contributed by atoms with Crippen LogP contribution in [-0.4, -0.2) is 39.8 Å². The number of allylic oxidation sites excluding steroid dienone is 1. The van der Waals surface area contributed by atoms with E-state index in [1.54, 1.807) is 58.8 Å². The molecule has 6 nitrogen and oxygen atoms in total. The van der Waals surface area contributed by atoms with Crippen molar-refractivity contribution in [2.24, 2.45) is 0 Å². The molecule has 0 fully saturated rings. The Morgan fingerprint density at radius 2 is 1.57 bits per heavy atom. The molecule has 0 aliphatic carbocycles. The maximum absolute atomic E-state index is 13.0. The lowest BCUT2D eigenvalue weighted by molar-refractivity contribution is 0.103. The lowest BCUT2D eigenvalue weighted by atomic mass is 9.97. The number of hydrogen-bond acceptors (Lipinski definition) is 6. The number of carbonyl (C=O) groups excluding carboxylic acids is 1. The Hall–Kier alpha value is -3.41. The molecule has 1 aliphatic heterocycles. The van der Waals surface area contributed by atoms with Gasteiger partial charge in [-0.15, -0.1) is 0 Å². The summed E-state index contributed by atoms with van der Waals surface area (Å²) in [5, 5.41) is 0. The minimum Gasteiger partial charge on any atom is -0.496 e. The highest BCUT2D eigenvalue weighted by Crippen LogP contribution is 2.41. The molecule has 2 aromatic carbocycles. The average Bonchev–Trinajstić information content (AvgIpc) is 2.74. The number of carbonyl (C=O) groups is 1. The van der Waals surface area contributed by atoms with Gasteiger partial charge in [0, 0.05) is 0 Å². The highest BCUT2D eigenvalue weighted by atomic mass is 16.5. The summed E-state index contributed by atoms with van der Waals surface area (Å²) < 4.78 is 27.6.